The molecule has 7 nitrogen and oxygen atoms in total. The van der Waals surface area contributed by atoms with E-state index in [2.05, 4.69) is 15.3 Å². The topological polar surface area (TPSA) is 99.4 Å². The van der Waals surface area contributed by atoms with E-state index in [0.717, 1.165) is 0 Å². The van der Waals surface area contributed by atoms with Crippen LogP contribution in [0, 0.1) is 0 Å². The summed E-state index contributed by atoms with van der Waals surface area (Å²) in [6, 6.07) is 4.63. The molecule has 0 spiro atoms. The molecule has 1 aromatic heterocycles. The summed E-state index contributed by atoms with van der Waals surface area (Å²) in [5, 5.41) is 2.83. The average molecular weight is 343 g/mol. The third-order valence-corrected chi connectivity index (χ3v) is 3.33. The fourth-order valence-electron chi connectivity index (χ4n) is 1.49. The molecule has 0 saturated carbocycles. The highest BCUT2D eigenvalue weighted by Crippen LogP contribution is 2.37. The summed E-state index contributed by atoms with van der Waals surface area (Å²) in [6.07, 6.45) is 1.43. The van der Waals surface area contributed by atoms with E-state index < -0.39 is 0 Å². The quantitative estimate of drug-likeness (QED) is 0.810. The molecule has 1 heterocycles. The van der Waals surface area contributed by atoms with Gasteiger partial charge in [-0.15, -0.1) is 0 Å². The van der Waals surface area contributed by atoms with Gasteiger partial charge in [0.15, 0.2) is 0 Å². The Morgan fingerprint density at radius 3 is 2.82 bits per heavy atom. The highest BCUT2D eigenvalue weighted by Gasteiger charge is 2.12. The van der Waals surface area contributed by atoms with Gasteiger partial charge >= 0.3 is 0 Å². The molecule has 1 amide bonds. The first kappa shape index (κ1) is 16.3. The van der Waals surface area contributed by atoms with Crippen molar-refractivity contribution < 1.29 is 14.3 Å². The predicted octanol–water partition coefficient (Wildman–Crippen LogP) is 2.74. The zero-order chi connectivity index (χ0) is 16.1. The number of hydrogen-bond donors (Lipinski definition) is 2. The molecule has 2 aromatic rings. The maximum absolute atomic E-state index is 11.4. The molecule has 0 atom stereocenters. The number of rotatable bonds is 5. The van der Waals surface area contributed by atoms with Gasteiger partial charge in [-0.05, 0) is 12.1 Å². The van der Waals surface area contributed by atoms with Crippen molar-refractivity contribution in [3.8, 4) is 11.6 Å². The number of nitrogen functional groups attached to an aromatic ring is 1. The van der Waals surface area contributed by atoms with E-state index >= 15 is 0 Å². The highest BCUT2D eigenvalue weighted by molar-refractivity contribution is 6.44. The lowest BCUT2D eigenvalue weighted by Crippen LogP contribution is -2.18. The van der Waals surface area contributed by atoms with E-state index in [1.807, 2.05) is 0 Å². The van der Waals surface area contributed by atoms with Gasteiger partial charge in [0.2, 0.25) is 11.8 Å². The van der Waals surface area contributed by atoms with Gasteiger partial charge in [-0.25, -0.2) is 4.98 Å². The van der Waals surface area contributed by atoms with Crippen molar-refractivity contribution in [1.29, 1.82) is 0 Å². The Bertz CT molecular complexity index is 697. The van der Waals surface area contributed by atoms with E-state index in [1.54, 1.807) is 12.1 Å². The van der Waals surface area contributed by atoms with Crippen LogP contribution >= 0.6 is 23.2 Å². The second-order valence-electron chi connectivity index (χ2n) is 4.08. The van der Waals surface area contributed by atoms with Crippen LogP contribution in [0.15, 0.2) is 24.4 Å². The summed E-state index contributed by atoms with van der Waals surface area (Å²) in [5.41, 5.74) is 5.98. The number of ether oxygens (including phenoxy) is 2. The van der Waals surface area contributed by atoms with Crippen LogP contribution in [0.2, 0.25) is 10.0 Å². The van der Waals surface area contributed by atoms with Crippen LogP contribution in [0.3, 0.4) is 0 Å². The van der Waals surface area contributed by atoms with Crippen LogP contribution in [0.1, 0.15) is 0 Å². The number of anilines is 2. The summed E-state index contributed by atoms with van der Waals surface area (Å²) >= 11 is 12.0. The molecular weight excluding hydrogens is 331 g/mol. The molecule has 0 aliphatic rings. The van der Waals surface area contributed by atoms with Crippen LogP contribution in [-0.4, -0.2) is 29.6 Å². The van der Waals surface area contributed by atoms with E-state index in [0.29, 0.717) is 5.69 Å². The molecule has 22 heavy (non-hydrogen) atoms. The molecule has 0 radical (unpaired) electrons. The predicted molar refractivity (Wildman–Crippen MR) is 83.5 cm³/mol. The van der Waals surface area contributed by atoms with Crippen molar-refractivity contribution in [1.82, 2.24) is 9.97 Å². The van der Waals surface area contributed by atoms with Crippen molar-refractivity contribution in [2.45, 2.75) is 0 Å². The number of aromatic nitrogens is 2. The Morgan fingerprint density at radius 1 is 1.32 bits per heavy atom. The standard InChI is InChI=1S/C13H12Cl2N4O3/c1-21-6-9(20)18-13-17-5-4-10(19-13)22-8-3-2-7(16)11(14)12(8)15/h2-5H,6,16H2,1H3,(H,17,18,19,20). The Labute approximate surface area is 136 Å². The molecule has 3 N–H and O–H groups in total. The van der Waals surface area contributed by atoms with Crippen molar-refractivity contribution in [2.75, 3.05) is 24.8 Å². The lowest BCUT2D eigenvalue weighted by molar-refractivity contribution is -0.119. The number of methoxy groups -OCH3 is 1. The molecule has 0 aliphatic heterocycles. The Kier molecular flexibility index (Phi) is 5.37. The first-order chi connectivity index (χ1) is 10.5. The van der Waals surface area contributed by atoms with Gasteiger partial charge in [0, 0.05) is 19.4 Å². The van der Waals surface area contributed by atoms with Crippen LogP contribution < -0.4 is 15.8 Å². The molecule has 0 saturated heterocycles. The number of amides is 1. The molecule has 0 aliphatic carbocycles. The second-order valence-corrected chi connectivity index (χ2v) is 4.84. The average Bonchev–Trinajstić information content (AvgIpc) is 2.48. The van der Waals surface area contributed by atoms with E-state index in [1.165, 1.54) is 19.4 Å². The first-order valence-corrected chi connectivity index (χ1v) is 6.80. The number of nitrogens with one attached hydrogen (secondary N) is 1. The summed E-state index contributed by atoms with van der Waals surface area (Å²) < 4.78 is 10.2. The lowest BCUT2D eigenvalue weighted by Gasteiger charge is -2.10. The zero-order valence-electron chi connectivity index (χ0n) is 11.5. The minimum absolute atomic E-state index is 0.0808. The first-order valence-electron chi connectivity index (χ1n) is 6.04. The molecule has 9 heteroatoms. The minimum Gasteiger partial charge on any atom is -0.437 e. The van der Waals surface area contributed by atoms with Crippen molar-refractivity contribution >= 4 is 40.7 Å². The number of carbonyl (C=O) groups is 1. The number of nitrogens with zero attached hydrogens (tertiary/aromatic N) is 2. The van der Waals surface area contributed by atoms with Crippen molar-refractivity contribution in [2.24, 2.45) is 0 Å². The Morgan fingerprint density at radius 2 is 2.09 bits per heavy atom. The van der Waals surface area contributed by atoms with Gasteiger partial charge in [0.25, 0.3) is 5.91 Å². The number of halogens is 2. The molecule has 0 fully saturated rings. The molecule has 116 valence electrons. The number of carbonyl (C=O) groups excluding carboxylic acids is 1. The third kappa shape index (κ3) is 3.97. The Hall–Kier alpha value is -2.09. The lowest BCUT2D eigenvalue weighted by atomic mass is 10.3. The number of hydrogen-bond acceptors (Lipinski definition) is 6. The number of nitrogens with two attached hydrogens (primary N) is 1. The van der Waals surface area contributed by atoms with Crippen LogP contribution in [0.4, 0.5) is 11.6 Å². The maximum Gasteiger partial charge on any atom is 0.252 e. The zero-order valence-corrected chi connectivity index (χ0v) is 13.0. The summed E-state index contributed by atoms with van der Waals surface area (Å²) in [6.45, 7) is -0.103. The maximum atomic E-state index is 11.4. The van der Waals surface area contributed by atoms with Crippen molar-refractivity contribution in [3.05, 3.63) is 34.4 Å². The monoisotopic (exact) mass is 342 g/mol. The Balaban J connectivity index is 2.17. The largest absolute Gasteiger partial charge is 0.437 e. The van der Waals surface area contributed by atoms with Crippen LogP contribution in [0.5, 0.6) is 11.6 Å². The van der Waals surface area contributed by atoms with Gasteiger partial charge in [0.1, 0.15) is 17.4 Å². The summed E-state index contributed by atoms with van der Waals surface area (Å²) in [4.78, 5) is 19.3. The molecule has 1 aromatic carbocycles. The highest BCUT2D eigenvalue weighted by atomic mass is 35.5. The molecule has 2 rings (SSSR count). The molecule has 0 unspecified atom stereocenters. The SMILES string of the molecule is COCC(=O)Nc1nccc(Oc2ccc(N)c(Cl)c2Cl)n1. The summed E-state index contributed by atoms with van der Waals surface area (Å²) in [7, 11) is 1.41. The normalized spacial score (nSPS) is 10.3. The summed E-state index contributed by atoms with van der Waals surface area (Å²) in [5.74, 6) is 0.171. The minimum atomic E-state index is -0.381. The van der Waals surface area contributed by atoms with E-state index in [4.69, 9.17) is 38.4 Å². The van der Waals surface area contributed by atoms with Crippen LogP contribution in [-0.2, 0) is 9.53 Å². The van der Waals surface area contributed by atoms with Gasteiger partial charge in [-0.1, -0.05) is 23.2 Å². The van der Waals surface area contributed by atoms with Gasteiger partial charge < -0.3 is 15.2 Å². The van der Waals surface area contributed by atoms with Gasteiger partial charge in [0.05, 0.1) is 10.7 Å². The van der Waals surface area contributed by atoms with Crippen molar-refractivity contribution in [3.63, 3.8) is 0 Å². The fourth-order valence-corrected chi connectivity index (χ4v) is 1.86. The van der Waals surface area contributed by atoms with E-state index in [-0.39, 0.29) is 40.1 Å². The molecule has 0 bridgehead atoms. The smallest absolute Gasteiger partial charge is 0.252 e. The third-order valence-electron chi connectivity index (χ3n) is 2.45. The molecular formula is C13H12Cl2N4O3. The van der Waals surface area contributed by atoms with Gasteiger partial charge in [-0.2, -0.15) is 4.98 Å². The van der Waals surface area contributed by atoms with Gasteiger partial charge in [-0.3, -0.25) is 10.1 Å². The second kappa shape index (κ2) is 7.26. The number of benzene rings is 1. The fraction of sp³-hybridized carbons (Fsp3) is 0.154. The van der Waals surface area contributed by atoms with Crippen LogP contribution in [0.25, 0.3) is 0 Å². The van der Waals surface area contributed by atoms with E-state index in [9.17, 15) is 4.79 Å².